The Morgan fingerprint density at radius 2 is 2.53 bits per heavy atom. The van der Waals surface area contributed by atoms with Gasteiger partial charge in [-0.1, -0.05) is 11.2 Å². The molecular formula is C9H9N5S. The van der Waals surface area contributed by atoms with Crippen LogP contribution in [0.1, 0.15) is 5.56 Å². The molecule has 0 saturated carbocycles. The van der Waals surface area contributed by atoms with Crippen molar-refractivity contribution in [2.75, 3.05) is 0 Å². The summed E-state index contributed by atoms with van der Waals surface area (Å²) in [4.78, 5) is 3.85. The number of aromatic nitrogens is 2. The highest BCUT2D eigenvalue weighted by Crippen LogP contribution is 2.26. The normalized spacial score (nSPS) is 9.93. The number of hydrogen-bond donors (Lipinski definition) is 0. The number of azide groups is 1. The maximum atomic E-state index is 8.29. The zero-order valence-corrected chi connectivity index (χ0v) is 8.98. The first kappa shape index (κ1) is 9.76. The van der Waals surface area contributed by atoms with Crippen LogP contribution < -0.4 is 0 Å². The van der Waals surface area contributed by atoms with E-state index in [0.29, 0.717) is 6.54 Å². The molecule has 6 heteroatoms. The predicted octanol–water partition coefficient (Wildman–Crippen LogP) is 2.96. The fourth-order valence-corrected chi connectivity index (χ4v) is 2.13. The number of thiophene rings is 1. The fourth-order valence-electron chi connectivity index (χ4n) is 1.38. The van der Waals surface area contributed by atoms with E-state index >= 15 is 0 Å². The molecule has 0 unspecified atom stereocenters. The molecule has 0 saturated heterocycles. The minimum atomic E-state index is 0.345. The second-order valence-corrected chi connectivity index (χ2v) is 3.99. The Morgan fingerprint density at radius 1 is 1.67 bits per heavy atom. The van der Waals surface area contributed by atoms with E-state index in [1.807, 2.05) is 30.8 Å². The Kier molecular flexibility index (Phi) is 2.71. The lowest BCUT2D eigenvalue weighted by molar-refractivity contribution is 0.770. The van der Waals surface area contributed by atoms with Gasteiger partial charge in [-0.25, -0.2) is 0 Å². The number of hydrogen-bond acceptors (Lipinski definition) is 3. The Bertz CT molecular complexity index is 493. The Balaban J connectivity index is 2.42. The van der Waals surface area contributed by atoms with E-state index in [4.69, 9.17) is 5.53 Å². The first-order valence-corrected chi connectivity index (χ1v) is 5.26. The third kappa shape index (κ3) is 2.01. The first-order chi connectivity index (χ1) is 7.31. The highest BCUT2D eigenvalue weighted by molar-refractivity contribution is 7.13. The second kappa shape index (κ2) is 4.16. The van der Waals surface area contributed by atoms with Crippen LogP contribution in [-0.4, -0.2) is 9.78 Å². The second-order valence-electron chi connectivity index (χ2n) is 3.04. The van der Waals surface area contributed by atoms with Gasteiger partial charge in [0.25, 0.3) is 0 Å². The summed E-state index contributed by atoms with van der Waals surface area (Å²) in [6, 6.07) is 3.98. The monoisotopic (exact) mass is 219 g/mol. The van der Waals surface area contributed by atoms with Crippen LogP contribution in [0.5, 0.6) is 0 Å². The van der Waals surface area contributed by atoms with Gasteiger partial charge in [0.15, 0.2) is 0 Å². The molecule has 0 bridgehead atoms. The molecular weight excluding hydrogens is 210 g/mol. The van der Waals surface area contributed by atoms with Gasteiger partial charge in [-0.05, 0) is 17.0 Å². The molecule has 0 radical (unpaired) electrons. The summed E-state index contributed by atoms with van der Waals surface area (Å²) in [5, 5.41) is 9.91. The lowest BCUT2D eigenvalue weighted by atomic mass is 10.2. The van der Waals surface area contributed by atoms with Gasteiger partial charge >= 0.3 is 0 Å². The first-order valence-electron chi connectivity index (χ1n) is 4.38. The Labute approximate surface area is 90.6 Å². The van der Waals surface area contributed by atoms with Crippen molar-refractivity contribution in [2.45, 2.75) is 6.54 Å². The molecule has 0 aliphatic rings. The van der Waals surface area contributed by atoms with Crippen LogP contribution in [-0.2, 0) is 13.6 Å². The predicted molar refractivity (Wildman–Crippen MR) is 59.4 cm³/mol. The van der Waals surface area contributed by atoms with Gasteiger partial charge in [-0.3, -0.25) is 4.68 Å². The zero-order valence-electron chi connectivity index (χ0n) is 8.16. The summed E-state index contributed by atoms with van der Waals surface area (Å²) in [7, 11) is 1.86. The average Bonchev–Trinajstić information content (AvgIpc) is 2.83. The van der Waals surface area contributed by atoms with E-state index in [0.717, 1.165) is 16.1 Å². The standard InChI is InChI=1S/C9H9N5S/c1-14-6-7(5-11-13-10)9(12-14)8-3-2-4-15-8/h2-4,6H,5H2,1H3. The molecule has 0 aliphatic carbocycles. The molecule has 0 aliphatic heterocycles. The maximum Gasteiger partial charge on any atom is 0.106 e. The fraction of sp³-hybridized carbons (Fsp3) is 0.222. The molecule has 0 fully saturated rings. The molecule has 0 N–H and O–H groups in total. The molecule has 0 spiro atoms. The van der Waals surface area contributed by atoms with Crippen molar-refractivity contribution in [3.63, 3.8) is 0 Å². The summed E-state index contributed by atoms with van der Waals surface area (Å²) < 4.78 is 1.73. The summed E-state index contributed by atoms with van der Waals surface area (Å²) in [6.07, 6.45) is 1.88. The third-order valence-corrected chi connectivity index (χ3v) is 2.84. The molecule has 76 valence electrons. The largest absolute Gasteiger partial charge is 0.275 e. The van der Waals surface area contributed by atoms with Gasteiger partial charge in [0.1, 0.15) is 5.69 Å². The van der Waals surface area contributed by atoms with Gasteiger partial charge in [-0.15, -0.1) is 11.3 Å². The zero-order chi connectivity index (χ0) is 10.7. The van der Waals surface area contributed by atoms with Crippen LogP contribution >= 0.6 is 11.3 Å². The van der Waals surface area contributed by atoms with E-state index in [2.05, 4.69) is 15.1 Å². The lowest BCUT2D eigenvalue weighted by Crippen LogP contribution is -1.86. The molecule has 0 atom stereocenters. The molecule has 0 amide bonds. The van der Waals surface area contributed by atoms with Crippen LogP contribution in [0, 0.1) is 0 Å². The summed E-state index contributed by atoms with van der Waals surface area (Å²) in [6.45, 7) is 0.345. The molecule has 15 heavy (non-hydrogen) atoms. The van der Waals surface area contributed by atoms with Gasteiger partial charge in [0.2, 0.25) is 0 Å². The van der Waals surface area contributed by atoms with Crippen LogP contribution in [0.4, 0.5) is 0 Å². The quantitative estimate of drug-likeness (QED) is 0.444. The molecule has 2 aromatic heterocycles. The van der Waals surface area contributed by atoms with Crippen molar-refractivity contribution >= 4 is 11.3 Å². The summed E-state index contributed by atoms with van der Waals surface area (Å²) >= 11 is 1.63. The molecule has 2 aromatic rings. The van der Waals surface area contributed by atoms with Crippen molar-refractivity contribution in [3.8, 4) is 10.6 Å². The van der Waals surface area contributed by atoms with Crippen molar-refractivity contribution in [3.05, 3.63) is 39.7 Å². The highest BCUT2D eigenvalue weighted by atomic mass is 32.1. The van der Waals surface area contributed by atoms with Crippen LogP contribution in [0.15, 0.2) is 28.8 Å². The Morgan fingerprint density at radius 3 is 3.20 bits per heavy atom. The lowest BCUT2D eigenvalue weighted by Gasteiger charge is -1.93. The van der Waals surface area contributed by atoms with Crippen molar-refractivity contribution in [1.29, 1.82) is 0 Å². The minimum absolute atomic E-state index is 0.345. The van der Waals surface area contributed by atoms with E-state index < -0.39 is 0 Å². The van der Waals surface area contributed by atoms with E-state index in [9.17, 15) is 0 Å². The van der Waals surface area contributed by atoms with E-state index in [1.54, 1.807) is 16.0 Å². The SMILES string of the molecule is Cn1cc(CN=[N+]=[N-])c(-c2cccs2)n1. The van der Waals surface area contributed by atoms with Crippen molar-refractivity contribution in [2.24, 2.45) is 12.2 Å². The van der Waals surface area contributed by atoms with Crippen LogP contribution in [0.25, 0.3) is 21.0 Å². The average molecular weight is 219 g/mol. The smallest absolute Gasteiger partial charge is 0.106 e. The molecule has 2 heterocycles. The van der Waals surface area contributed by atoms with Gasteiger partial charge in [0, 0.05) is 23.7 Å². The van der Waals surface area contributed by atoms with Crippen LogP contribution in [0.3, 0.4) is 0 Å². The topological polar surface area (TPSA) is 66.6 Å². The number of nitrogens with zero attached hydrogens (tertiary/aromatic N) is 5. The van der Waals surface area contributed by atoms with Crippen molar-refractivity contribution < 1.29 is 0 Å². The van der Waals surface area contributed by atoms with Crippen LogP contribution in [0.2, 0.25) is 0 Å². The molecule has 0 aromatic carbocycles. The number of rotatable bonds is 3. The molecule has 2 rings (SSSR count). The maximum absolute atomic E-state index is 8.29. The van der Waals surface area contributed by atoms with E-state index in [1.165, 1.54) is 0 Å². The summed E-state index contributed by atoms with van der Waals surface area (Å²) in [5.41, 5.74) is 10.1. The number of aryl methyl sites for hydroxylation is 1. The molecule has 5 nitrogen and oxygen atoms in total. The van der Waals surface area contributed by atoms with Gasteiger partial charge in [0.05, 0.1) is 11.4 Å². The van der Waals surface area contributed by atoms with Gasteiger partial charge in [-0.2, -0.15) is 5.10 Å². The third-order valence-electron chi connectivity index (χ3n) is 1.96. The summed E-state index contributed by atoms with van der Waals surface area (Å²) in [5.74, 6) is 0. The van der Waals surface area contributed by atoms with E-state index in [-0.39, 0.29) is 0 Å². The highest BCUT2D eigenvalue weighted by Gasteiger charge is 2.09. The van der Waals surface area contributed by atoms with Crippen molar-refractivity contribution in [1.82, 2.24) is 9.78 Å². The Hall–Kier alpha value is -1.78. The van der Waals surface area contributed by atoms with Gasteiger partial charge < -0.3 is 0 Å². The minimum Gasteiger partial charge on any atom is -0.275 e.